The summed E-state index contributed by atoms with van der Waals surface area (Å²) in [6.07, 6.45) is 14.0. The molecule has 1 aromatic heterocycles. The lowest BCUT2D eigenvalue weighted by molar-refractivity contribution is 0.277. The van der Waals surface area contributed by atoms with E-state index in [1.165, 1.54) is 44.1 Å². The van der Waals surface area contributed by atoms with E-state index in [1.54, 1.807) is 0 Å². The Hall–Kier alpha value is -0.830. The fraction of sp³-hybridized carbons (Fsp3) is 0.812. The summed E-state index contributed by atoms with van der Waals surface area (Å²) in [6.45, 7) is 0. The van der Waals surface area contributed by atoms with Crippen molar-refractivity contribution in [2.75, 3.05) is 7.05 Å². The van der Waals surface area contributed by atoms with Crippen molar-refractivity contribution in [2.45, 2.75) is 51.0 Å². The molecule has 3 nitrogen and oxygen atoms in total. The van der Waals surface area contributed by atoms with E-state index in [9.17, 15) is 0 Å². The van der Waals surface area contributed by atoms with Crippen LogP contribution < -0.4 is 5.32 Å². The normalized spacial score (nSPS) is 30.9. The van der Waals surface area contributed by atoms with Crippen molar-refractivity contribution in [3.8, 4) is 0 Å². The third kappa shape index (κ3) is 3.02. The van der Waals surface area contributed by atoms with Gasteiger partial charge in [-0.25, -0.2) is 0 Å². The van der Waals surface area contributed by atoms with Crippen molar-refractivity contribution in [3.05, 3.63) is 18.0 Å². The van der Waals surface area contributed by atoms with E-state index in [4.69, 9.17) is 0 Å². The van der Waals surface area contributed by atoms with E-state index >= 15 is 0 Å². The molecule has 2 fully saturated rings. The lowest BCUT2D eigenvalue weighted by atomic mass is 9.83. The third-order valence-electron chi connectivity index (χ3n) is 5.42. The summed E-state index contributed by atoms with van der Waals surface area (Å²) in [4.78, 5) is 0. The minimum Gasteiger partial charge on any atom is -0.317 e. The number of nitrogens with one attached hydrogen (secondary N) is 1. The van der Waals surface area contributed by atoms with Gasteiger partial charge in [0.25, 0.3) is 0 Å². The first kappa shape index (κ1) is 13.2. The largest absolute Gasteiger partial charge is 0.317 e. The van der Waals surface area contributed by atoms with Gasteiger partial charge < -0.3 is 5.32 Å². The monoisotopic (exact) mass is 261 g/mol. The van der Waals surface area contributed by atoms with Crippen molar-refractivity contribution in [2.24, 2.45) is 24.8 Å². The molecular formula is C16H27N3. The molecule has 2 aliphatic carbocycles. The maximum Gasteiger partial charge on any atom is 0.0521 e. The molecule has 4 unspecified atom stereocenters. The molecule has 2 bridgehead atoms. The van der Waals surface area contributed by atoms with Crippen molar-refractivity contribution >= 4 is 0 Å². The Morgan fingerprint density at radius 2 is 2.32 bits per heavy atom. The lowest BCUT2D eigenvalue weighted by Crippen LogP contribution is -2.30. The van der Waals surface area contributed by atoms with Gasteiger partial charge >= 0.3 is 0 Å². The van der Waals surface area contributed by atoms with Gasteiger partial charge in [0.1, 0.15) is 0 Å². The molecule has 4 atom stereocenters. The standard InChI is InChI=1S/C16H27N3/c1-17-16(6-4-13-10-18-19(2)11-13)9-15-8-12-3-5-14(15)7-12/h10-12,14-17H,3-9H2,1-2H3. The Balaban J connectivity index is 1.48. The summed E-state index contributed by atoms with van der Waals surface area (Å²) in [5.74, 6) is 3.13. The van der Waals surface area contributed by atoms with Crippen LogP contribution >= 0.6 is 0 Å². The second-order valence-electron chi connectivity index (χ2n) is 6.72. The third-order valence-corrected chi connectivity index (χ3v) is 5.42. The quantitative estimate of drug-likeness (QED) is 0.853. The van der Waals surface area contributed by atoms with E-state index in [-0.39, 0.29) is 0 Å². The van der Waals surface area contributed by atoms with Gasteiger partial charge in [-0.05, 0) is 68.9 Å². The topological polar surface area (TPSA) is 29.9 Å². The molecule has 1 N–H and O–H groups in total. The summed E-state index contributed by atoms with van der Waals surface area (Å²) < 4.78 is 1.90. The highest BCUT2D eigenvalue weighted by atomic mass is 15.2. The Morgan fingerprint density at radius 1 is 1.42 bits per heavy atom. The van der Waals surface area contributed by atoms with Crippen LogP contribution in [0.4, 0.5) is 0 Å². The molecule has 2 saturated carbocycles. The molecule has 3 rings (SSSR count). The number of aromatic nitrogens is 2. The predicted octanol–water partition coefficient (Wildman–Crippen LogP) is 2.77. The van der Waals surface area contributed by atoms with Gasteiger partial charge in [0.05, 0.1) is 6.20 Å². The van der Waals surface area contributed by atoms with E-state index in [1.807, 2.05) is 17.9 Å². The van der Waals surface area contributed by atoms with Gasteiger partial charge in [0.15, 0.2) is 0 Å². The fourth-order valence-electron chi connectivity index (χ4n) is 4.35. The van der Waals surface area contributed by atoms with E-state index < -0.39 is 0 Å². The molecule has 0 radical (unpaired) electrons. The van der Waals surface area contributed by atoms with Crippen LogP contribution in [0.3, 0.4) is 0 Å². The van der Waals surface area contributed by atoms with Crippen LogP contribution in [-0.2, 0) is 13.5 Å². The van der Waals surface area contributed by atoms with Crippen LogP contribution in [0.25, 0.3) is 0 Å². The number of hydrogen-bond acceptors (Lipinski definition) is 2. The van der Waals surface area contributed by atoms with Crippen molar-refractivity contribution in [1.29, 1.82) is 0 Å². The molecule has 3 heteroatoms. The number of rotatable bonds is 6. The molecule has 0 aliphatic heterocycles. The Morgan fingerprint density at radius 3 is 2.89 bits per heavy atom. The molecule has 19 heavy (non-hydrogen) atoms. The van der Waals surface area contributed by atoms with Gasteiger partial charge in [0, 0.05) is 19.3 Å². The first-order chi connectivity index (χ1) is 9.24. The Kier molecular flexibility index (Phi) is 3.92. The van der Waals surface area contributed by atoms with Crippen LogP contribution in [-0.4, -0.2) is 22.9 Å². The molecule has 2 aliphatic rings. The molecule has 106 valence electrons. The summed E-state index contributed by atoms with van der Waals surface area (Å²) >= 11 is 0. The predicted molar refractivity (Wildman–Crippen MR) is 77.9 cm³/mol. The second-order valence-corrected chi connectivity index (χ2v) is 6.72. The van der Waals surface area contributed by atoms with Gasteiger partial charge in [-0.15, -0.1) is 0 Å². The smallest absolute Gasteiger partial charge is 0.0521 e. The van der Waals surface area contributed by atoms with Crippen LogP contribution in [0.2, 0.25) is 0 Å². The zero-order valence-electron chi connectivity index (χ0n) is 12.3. The van der Waals surface area contributed by atoms with Crippen LogP contribution in [0.1, 0.15) is 44.1 Å². The Labute approximate surface area is 116 Å². The molecular weight excluding hydrogens is 234 g/mol. The molecule has 0 saturated heterocycles. The maximum atomic E-state index is 4.25. The van der Waals surface area contributed by atoms with Crippen LogP contribution in [0, 0.1) is 17.8 Å². The summed E-state index contributed by atoms with van der Waals surface area (Å²) in [5.41, 5.74) is 1.37. The van der Waals surface area contributed by atoms with Crippen LogP contribution in [0.15, 0.2) is 12.4 Å². The minimum atomic E-state index is 0.685. The zero-order valence-corrected chi connectivity index (χ0v) is 12.3. The minimum absolute atomic E-state index is 0.685. The average Bonchev–Trinajstić information content (AvgIpc) is 3.11. The second kappa shape index (κ2) is 5.66. The summed E-state index contributed by atoms with van der Waals surface area (Å²) in [7, 11) is 4.12. The first-order valence-corrected chi connectivity index (χ1v) is 7.89. The summed E-state index contributed by atoms with van der Waals surface area (Å²) in [6, 6.07) is 0.685. The SMILES string of the molecule is CNC(CCc1cnn(C)c1)CC1CC2CCC1C2. The van der Waals surface area contributed by atoms with Crippen molar-refractivity contribution in [1.82, 2.24) is 15.1 Å². The van der Waals surface area contributed by atoms with E-state index in [0.717, 1.165) is 24.2 Å². The number of fused-ring (bicyclic) bond motifs is 2. The first-order valence-electron chi connectivity index (χ1n) is 7.89. The van der Waals surface area contributed by atoms with Gasteiger partial charge in [-0.1, -0.05) is 6.42 Å². The molecule has 1 aromatic rings. The highest BCUT2D eigenvalue weighted by Gasteiger charge is 2.39. The highest BCUT2D eigenvalue weighted by molar-refractivity contribution is 5.04. The molecule has 0 aromatic carbocycles. The van der Waals surface area contributed by atoms with Gasteiger partial charge in [0.2, 0.25) is 0 Å². The summed E-state index contributed by atoms with van der Waals surface area (Å²) in [5, 5.41) is 7.79. The van der Waals surface area contributed by atoms with Crippen molar-refractivity contribution < 1.29 is 0 Å². The molecule has 0 spiro atoms. The number of aryl methyl sites for hydroxylation is 2. The Bertz CT molecular complexity index is 412. The molecule has 1 heterocycles. The zero-order chi connectivity index (χ0) is 13.2. The number of nitrogens with zero attached hydrogens (tertiary/aromatic N) is 2. The highest BCUT2D eigenvalue weighted by Crippen LogP contribution is 2.50. The lowest BCUT2D eigenvalue weighted by Gasteiger charge is -2.26. The van der Waals surface area contributed by atoms with E-state index in [0.29, 0.717) is 6.04 Å². The van der Waals surface area contributed by atoms with Crippen molar-refractivity contribution in [3.63, 3.8) is 0 Å². The van der Waals surface area contributed by atoms with Crippen LogP contribution in [0.5, 0.6) is 0 Å². The molecule has 0 amide bonds. The van der Waals surface area contributed by atoms with E-state index in [2.05, 4.69) is 23.7 Å². The fourth-order valence-corrected chi connectivity index (χ4v) is 4.35. The maximum absolute atomic E-state index is 4.25. The van der Waals surface area contributed by atoms with Gasteiger partial charge in [-0.3, -0.25) is 4.68 Å². The van der Waals surface area contributed by atoms with Gasteiger partial charge in [-0.2, -0.15) is 5.10 Å². The average molecular weight is 261 g/mol. The number of hydrogen-bond donors (Lipinski definition) is 1.